The van der Waals surface area contributed by atoms with Crippen LogP contribution in [0.1, 0.15) is 21.6 Å². The summed E-state index contributed by atoms with van der Waals surface area (Å²) in [4.78, 5) is 16.2. The van der Waals surface area contributed by atoms with E-state index in [1.807, 2.05) is 13.0 Å². The Hall–Kier alpha value is -1.58. The molecule has 1 heterocycles. The van der Waals surface area contributed by atoms with Crippen molar-refractivity contribution in [1.82, 2.24) is 4.98 Å². The minimum absolute atomic E-state index is 0.263. The second-order valence-electron chi connectivity index (χ2n) is 4.16. The van der Waals surface area contributed by atoms with E-state index in [-0.39, 0.29) is 5.91 Å². The summed E-state index contributed by atoms with van der Waals surface area (Å²) in [5.41, 5.74) is 2.58. The summed E-state index contributed by atoms with van der Waals surface area (Å²) >= 11 is 11.9. The van der Waals surface area contributed by atoms with Crippen molar-refractivity contribution in [2.24, 2.45) is 0 Å². The molecule has 0 spiro atoms. The molecule has 0 aliphatic rings. The van der Waals surface area contributed by atoms with E-state index < -0.39 is 0 Å². The van der Waals surface area contributed by atoms with E-state index in [1.165, 1.54) is 0 Å². The Balaban J connectivity index is 2.28. The molecule has 1 aromatic carbocycles. The van der Waals surface area contributed by atoms with Gasteiger partial charge in [0.2, 0.25) is 0 Å². The summed E-state index contributed by atoms with van der Waals surface area (Å²) in [6.07, 6.45) is 0. The number of hydrogen-bond acceptors (Lipinski definition) is 2. The van der Waals surface area contributed by atoms with E-state index in [0.29, 0.717) is 27.1 Å². The largest absolute Gasteiger partial charge is 0.320 e. The monoisotopic (exact) mass is 294 g/mol. The van der Waals surface area contributed by atoms with Gasteiger partial charge in [-0.3, -0.25) is 4.79 Å². The van der Waals surface area contributed by atoms with Crippen molar-refractivity contribution in [2.45, 2.75) is 13.8 Å². The lowest BCUT2D eigenvalue weighted by atomic mass is 10.1. The maximum atomic E-state index is 12.2. The average molecular weight is 295 g/mol. The molecular formula is C14H12Cl2N2O. The van der Waals surface area contributed by atoms with Gasteiger partial charge >= 0.3 is 0 Å². The van der Waals surface area contributed by atoms with E-state index in [4.69, 9.17) is 23.2 Å². The van der Waals surface area contributed by atoms with Gasteiger partial charge in [0.05, 0.1) is 22.0 Å². The molecule has 0 saturated carbocycles. The first-order chi connectivity index (χ1) is 8.99. The topological polar surface area (TPSA) is 42.0 Å². The van der Waals surface area contributed by atoms with Crippen LogP contribution >= 0.6 is 23.2 Å². The molecule has 0 aliphatic carbocycles. The number of halogens is 2. The molecular weight excluding hydrogens is 283 g/mol. The highest BCUT2D eigenvalue weighted by Crippen LogP contribution is 2.22. The predicted molar refractivity (Wildman–Crippen MR) is 78.1 cm³/mol. The predicted octanol–water partition coefficient (Wildman–Crippen LogP) is 4.26. The van der Waals surface area contributed by atoms with Gasteiger partial charge in [0.1, 0.15) is 5.15 Å². The molecule has 0 fully saturated rings. The number of benzene rings is 1. The summed E-state index contributed by atoms with van der Waals surface area (Å²) in [6, 6.07) is 8.68. The number of nitrogens with zero attached hydrogens (tertiary/aromatic N) is 1. The highest BCUT2D eigenvalue weighted by Gasteiger charge is 2.13. The van der Waals surface area contributed by atoms with E-state index in [0.717, 1.165) is 5.56 Å². The fourth-order valence-electron chi connectivity index (χ4n) is 1.67. The van der Waals surface area contributed by atoms with Crippen LogP contribution in [0.5, 0.6) is 0 Å². The fraction of sp³-hybridized carbons (Fsp3) is 0.143. The maximum absolute atomic E-state index is 12.2. The van der Waals surface area contributed by atoms with Crippen LogP contribution in [0.25, 0.3) is 0 Å². The van der Waals surface area contributed by atoms with Crippen molar-refractivity contribution in [3.63, 3.8) is 0 Å². The van der Waals surface area contributed by atoms with Crippen molar-refractivity contribution in [1.29, 1.82) is 0 Å². The normalized spacial score (nSPS) is 10.3. The first-order valence-corrected chi connectivity index (χ1v) is 6.44. The van der Waals surface area contributed by atoms with E-state index in [9.17, 15) is 4.79 Å². The van der Waals surface area contributed by atoms with Crippen LogP contribution in [0, 0.1) is 13.8 Å². The van der Waals surface area contributed by atoms with Crippen LogP contribution in [0.4, 0.5) is 5.69 Å². The number of rotatable bonds is 2. The summed E-state index contributed by atoms with van der Waals surface area (Å²) in [7, 11) is 0. The molecule has 0 bridgehead atoms. The van der Waals surface area contributed by atoms with Gasteiger partial charge in [0.25, 0.3) is 5.91 Å². The van der Waals surface area contributed by atoms with E-state index >= 15 is 0 Å². The Labute approximate surface area is 121 Å². The lowest BCUT2D eigenvalue weighted by Gasteiger charge is -2.10. The van der Waals surface area contributed by atoms with Crippen LogP contribution in [0.2, 0.25) is 10.2 Å². The molecule has 2 rings (SSSR count). The summed E-state index contributed by atoms with van der Waals surface area (Å²) in [5.74, 6) is -0.263. The van der Waals surface area contributed by atoms with Crippen molar-refractivity contribution in [3.05, 3.63) is 57.3 Å². The second-order valence-corrected chi connectivity index (χ2v) is 4.92. The smallest absolute Gasteiger partial charge is 0.257 e. The molecule has 0 saturated heterocycles. The molecule has 98 valence electrons. The van der Waals surface area contributed by atoms with Gasteiger partial charge in [-0.05, 0) is 37.6 Å². The lowest BCUT2D eigenvalue weighted by Crippen LogP contribution is -2.14. The first-order valence-electron chi connectivity index (χ1n) is 5.68. The van der Waals surface area contributed by atoms with Gasteiger partial charge in [-0.15, -0.1) is 0 Å². The SMILES string of the molecule is Cc1cccc(C(=O)Nc2ccc(Cl)nc2C)c1Cl. The highest BCUT2D eigenvalue weighted by molar-refractivity contribution is 6.35. The number of carbonyl (C=O) groups excluding carboxylic acids is 1. The molecule has 19 heavy (non-hydrogen) atoms. The third-order valence-corrected chi connectivity index (χ3v) is 3.45. The minimum atomic E-state index is -0.263. The molecule has 1 N–H and O–H groups in total. The molecule has 0 unspecified atom stereocenters. The van der Waals surface area contributed by atoms with Crippen LogP contribution in [0.15, 0.2) is 30.3 Å². The quantitative estimate of drug-likeness (QED) is 0.841. The Morgan fingerprint density at radius 3 is 2.58 bits per heavy atom. The number of amides is 1. The van der Waals surface area contributed by atoms with Gasteiger partial charge in [-0.25, -0.2) is 4.98 Å². The van der Waals surface area contributed by atoms with Crippen molar-refractivity contribution >= 4 is 34.8 Å². The molecule has 1 aromatic heterocycles. The average Bonchev–Trinajstić information content (AvgIpc) is 2.36. The van der Waals surface area contributed by atoms with E-state index in [2.05, 4.69) is 10.3 Å². The molecule has 3 nitrogen and oxygen atoms in total. The van der Waals surface area contributed by atoms with Gasteiger partial charge in [0, 0.05) is 0 Å². The zero-order valence-electron chi connectivity index (χ0n) is 10.5. The van der Waals surface area contributed by atoms with Crippen LogP contribution in [-0.2, 0) is 0 Å². The van der Waals surface area contributed by atoms with E-state index in [1.54, 1.807) is 31.2 Å². The molecule has 0 aliphatic heterocycles. The Bertz CT molecular complexity index is 641. The fourth-order valence-corrected chi connectivity index (χ4v) is 2.08. The second kappa shape index (κ2) is 5.59. The summed E-state index contributed by atoms with van der Waals surface area (Å²) < 4.78 is 0. The number of carbonyl (C=O) groups is 1. The standard InChI is InChI=1S/C14H12Cl2N2O/c1-8-4-3-5-10(13(8)16)14(19)18-11-6-7-12(15)17-9(11)2/h3-7H,1-2H3,(H,18,19). The number of nitrogens with one attached hydrogen (secondary N) is 1. The summed E-state index contributed by atoms with van der Waals surface area (Å²) in [5, 5.41) is 3.63. The van der Waals surface area contributed by atoms with Gasteiger partial charge in [0.15, 0.2) is 0 Å². The molecule has 0 atom stereocenters. The van der Waals surface area contributed by atoms with Crippen molar-refractivity contribution in [2.75, 3.05) is 5.32 Å². The molecule has 2 aromatic rings. The van der Waals surface area contributed by atoms with Gasteiger partial charge in [-0.2, -0.15) is 0 Å². The Morgan fingerprint density at radius 2 is 1.89 bits per heavy atom. The number of hydrogen-bond donors (Lipinski definition) is 1. The minimum Gasteiger partial charge on any atom is -0.320 e. The van der Waals surface area contributed by atoms with Crippen LogP contribution in [0.3, 0.4) is 0 Å². The highest BCUT2D eigenvalue weighted by atomic mass is 35.5. The third-order valence-electron chi connectivity index (χ3n) is 2.74. The summed E-state index contributed by atoms with van der Waals surface area (Å²) in [6.45, 7) is 3.63. The number of anilines is 1. The number of pyridine rings is 1. The molecule has 1 amide bonds. The Kier molecular flexibility index (Phi) is 4.08. The number of aryl methyl sites for hydroxylation is 2. The molecule has 5 heteroatoms. The maximum Gasteiger partial charge on any atom is 0.257 e. The first kappa shape index (κ1) is 13.8. The van der Waals surface area contributed by atoms with Crippen LogP contribution < -0.4 is 5.32 Å². The zero-order valence-corrected chi connectivity index (χ0v) is 12.0. The van der Waals surface area contributed by atoms with Gasteiger partial charge < -0.3 is 5.32 Å². The molecule has 0 radical (unpaired) electrons. The Morgan fingerprint density at radius 1 is 1.16 bits per heavy atom. The third kappa shape index (κ3) is 3.06. The van der Waals surface area contributed by atoms with Crippen LogP contribution in [-0.4, -0.2) is 10.9 Å². The zero-order chi connectivity index (χ0) is 14.0. The number of aromatic nitrogens is 1. The lowest BCUT2D eigenvalue weighted by molar-refractivity contribution is 0.102. The van der Waals surface area contributed by atoms with Crippen molar-refractivity contribution < 1.29 is 4.79 Å². The van der Waals surface area contributed by atoms with Gasteiger partial charge in [-0.1, -0.05) is 35.3 Å². The van der Waals surface area contributed by atoms with Crippen molar-refractivity contribution in [3.8, 4) is 0 Å².